The lowest BCUT2D eigenvalue weighted by molar-refractivity contribution is 0.112. The molecule has 21 heavy (non-hydrogen) atoms. The van der Waals surface area contributed by atoms with Crippen molar-refractivity contribution in [1.82, 2.24) is 4.98 Å². The molecule has 2 aromatic rings. The van der Waals surface area contributed by atoms with Gasteiger partial charge in [0.05, 0.1) is 10.7 Å². The number of nitrogens with zero attached hydrogens (tertiary/aromatic N) is 3. The van der Waals surface area contributed by atoms with Gasteiger partial charge in [-0.05, 0) is 24.3 Å². The fourth-order valence-electron chi connectivity index (χ4n) is 2.66. The third-order valence-corrected chi connectivity index (χ3v) is 4.02. The van der Waals surface area contributed by atoms with E-state index in [1.807, 2.05) is 24.3 Å². The zero-order chi connectivity index (χ0) is 14.7. The van der Waals surface area contributed by atoms with Gasteiger partial charge in [-0.3, -0.25) is 4.79 Å². The number of anilines is 2. The zero-order valence-corrected chi connectivity index (χ0v) is 12.3. The highest BCUT2D eigenvalue weighted by molar-refractivity contribution is 6.33. The number of pyridine rings is 1. The Morgan fingerprint density at radius 3 is 2.43 bits per heavy atom. The van der Waals surface area contributed by atoms with Crippen LogP contribution in [-0.2, 0) is 0 Å². The van der Waals surface area contributed by atoms with Gasteiger partial charge >= 0.3 is 0 Å². The van der Waals surface area contributed by atoms with Gasteiger partial charge in [0.15, 0.2) is 6.29 Å². The third kappa shape index (κ3) is 2.85. The molecule has 3 rings (SSSR count). The fraction of sp³-hybridized carbons (Fsp3) is 0.250. The van der Waals surface area contributed by atoms with Crippen LogP contribution in [0.4, 0.5) is 11.5 Å². The van der Waals surface area contributed by atoms with Gasteiger partial charge in [-0.25, -0.2) is 4.98 Å². The standard InChI is InChI=1S/C16H16ClN3O/c17-14-5-3-4-13(12-21)16(14)20-10-8-19(9-11-20)15-6-1-2-7-18-15/h1-7,12H,8-11H2. The molecular weight excluding hydrogens is 286 g/mol. The summed E-state index contributed by atoms with van der Waals surface area (Å²) < 4.78 is 0. The van der Waals surface area contributed by atoms with Crippen LogP contribution < -0.4 is 9.80 Å². The molecule has 0 unspecified atom stereocenters. The highest BCUT2D eigenvalue weighted by Crippen LogP contribution is 2.30. The first-order chi connectivity index (χ1) is 10.3. The lowest BCUT2D eigenvalue weighted by atomic mass is 10.1. The summed E-state index contributed by atoms with van der Waals surface area (Å²) >= 11 is 6.27. The van der Waals surface area contributed by atoms with Crippen LogP contribution in [0.1, 0.15) is 10.4 Å². The molecule has 0 saturated carbocycles. The molecule has 1 aliphatic heterocycles. The van der Waals surface area contributed by atoms with Gasteiger partial charge in [0.25, 0.3) is 0 Å². The van der Waals surface area contributed by atoms with E-state index in [2.05, 4.69) is 14.8 Å². The number of piperazine rings is 1. The average Bonchev–Trinajstić information content (AvgIpc) is 2.55. The molecule has 108 valence electrons. The molecule has 0 amide bonds. The number of hydrogen-bond donors (Lipinski definition) is 0. The molecule has 0 N–H and O–H groups in total. The van der Waals surface area contributed by atoms with Crippen molar-refractivity contribution in [1.29, 1.82) is 0 Å². The molecular formula is C16H16ClN3O. The summed E-state index contributed by atoms with van der Waals surface area (Å²) in [4.78, 5) is 20.0. The van der Waals surface area contributed by atoms with Gasteiger partial charge < -0.3 is 9.80 Å². The number of rotatable bonds is 3. The summed E-state index contributed by atoms with van der Waals surface area (Å²) in [7, 11) is 0. The topological polar surface area (TPSA) is 36.4 Å². The zero-order valence-electron chi connectivity index (χ0n) is 11.6. The van der Waals surface area contributed by atoms with Crippen LogP contribution in [0.25, 0.3) is 0 Å². The van der Waals surface area contributed by atoms with Gasteiger partial charge in [-0.15, -0.1) is 0 Å². The Kier molecular flexibility index (Phi) is 4.06. The smallest absolute Gasteiger partial charge is 0.152 e. The number of aldehydes is 1. The Bertz CT molecular complexity index is 625. The Labute approximate surface area is 129 Å². The van der Waals surface area contributed by atoms with Crippen molar-refractivity contribution < 1.29 is 4.79 Å². The van der Waals surface area contributed by atoms with E-state index in [1.165, 1.54) is 0 Å². The number of aromatic nitrogens is 1. The van der Waals surface area contributed by atoms with Crippen molar-refractivity contribution in [3.63, 3.8) is 0 Å². The molecule has 0 atom stereocenters. The second-order valence-electron chi connectivity index (χ2n) is 4.96. The van der Waals surface area contributed by atoms with Gasteiger partial charge in [0.1, 0.15) is 5.82 Å². The van der Waals surface area contributed by atoms with E-state index in [1.54, 1.807) is 18.3 Å². The predicted octanol–water partition coefficient (Wildman–Crippen LogP) is 2.87. The maximum atomic E-state index is 11.2. The van der Waals surface area contributed by atoms with Crippen molar-refractivity contribution >= 4 is 29.4 Å². The van der Waals surface area contributed by atoms with Crippen molar-refractivity contribution in [3.05, 3.63) is 53.2 Å². The van der Waals surface area contributed by atoms with E-state index in [4.69, 9.17) is 11.6 Å². The largest absolute Gasteiger partial charge is 0.366 e. The summed E-state index contributed by atoms with van der Waals surface area (Å²) in [6.07, 6.45) is 2.67. The second-order valence-corrected chi connectivity index (χ2v) is 5.36. The lowest BCUT2D eigenvalue weighted by Gasteiger charge is -2.37. The summed E-state index contributed by atoms with van der Waals surface area (Å²) in [6, 6.07) is 11.4. The fourth-order valence-corrected chi connectivity index (χ4v) is 2.96. The van der Waals surface area contributed by atoms with E-state index in [0.717, 1.165) is 44.0 Å². The van der Waals surface area contributed by atoms with Crippen LogP contribution in [0.2, 0.25) is 5.02 Å². The monoisotopic (exact) mass is 301 g/mol. The predicted molar refractivity (Wildman–Crippen MR) is 85.5 cm³/mol. The van der Waals surface area contributed by atoms with E-state index in [9.17, 15) is 4.79 Å². The van der Waals surface area contributed by atoms with Crippen molar-refractivity contribution in [3.8, 4) is 0 Å². The summed E-state index contributed by atoms with van der Waals surface area (Å²) in [6.45, 7) is 3.36. The van der Waals surface area contributed by atoms with Crippen LogP contribution in [0.3, 0.4) is 0 Å². The number of carbonyl (C=O) groups excluding carboxylic acids is 1. The van der Waals surface area contributed by atoms with Gasteiger partial charge in [-0.2, -0.15) is 0 Å². The van der Waals surface area contributed by atoms with Gasteiger partial charge in [0.2, 0.25) is 0 Å². The normalized spacial score (nSPS) is 15.1. The van der Waals surface area contributed by atoms with E-state index in [-0.39, 0.29) is 0 Å². The SMILES string of the molecule is O=Cc1cccc(Cl)c1N1CCN(c2ccccn2)CC1. The van der Waals surface area contributed by atoms with Crippen molar-refractivity contribution in [2.75, 3.05) is 36.0 Å². The van der Waals surface area contributed by atoms with Crippen molar-refractivity contribution in [2.24, 2.45) is 0 Å². The van der Waals surface area contributed by atoms with E-state index in [0.29, 0.717) is 10.6 Å². The summed E-state index contributed by atoms with van der Waals surface area (Å²) in [5.74, 6) is 0.993. The minimum absolute atomic E-state index is 0.630. The quantitative estimate of drug-likeness (QED) is 0.817. The molecule has 1 saturated heterocycles. The molecule has 2 heterocycles. The Hall–Kier alpha value is -2.07. The van der Waals surface area contributed by atoms with E-state index >= 15 is 0 Å². The molecule has 0 spiro atoms. The minimum atomic E-state index is 0.630. The van der Waals surface area contributed by atoms with Crippen LogP contribution >= 0.6 is 11.6 Å². The maximum absolute atomic E-state index is 11.2. The number of hydrogen-bond acceptors (Lipinski definition) is 4. The van der Waals surface area contributed by atoms with Crippen LogP contribution in [0.5, 0.6) is 0 Å². The van der Waals surface area contributed by atoms with Crippen LogP contribution in [0.15, 0.2) is 42.6 Å². The number of halogens is 1. The van der Waals surface area contributed by atoms with Crippen LogP contribution in [-0.4, -0.2) is 37.4 Å². The maximum Gasteiger partial charge on any atom is 0.152 e. The number of para-hydroxylation sites is 1. The van der Waals surface area contributed by atoms with Gasteiger partial charge in [-0.1, -0.05) is 23.7 Å². The highest BCUT2D eigenvalue weighted by Gasteiger charge is 2.21. The summed E-state index contributed by atoms with van der Waals surface area (Å²) in [5.41, 5.74) is 1.49. The van der Waals surface area contributed by atoms with Gasteiger partial charge in [0, 0.05) is 37.9 Å². The molecule has 4 nitrogen and oxygen atoms in total. The Morgan fingerprint density at radius 2 is 1.76 bits per heavy atom. The molecule has 1 aliphatic rings. The molecule has 0 radical (unpaired) electrons. The van der Waals surface area contributed by atoms with E-state index < -0.39 is 0 Å². The second kappa shape index (κ2) is 6.14. The molecule has 1 aromatic carbocycles. The molecule has 0 bridgehead atoms. The Balaban J connectivity index is 1.76. The minimum Gasteiger partial charge on any atom is -0.366 e. The molecule has 0 aliphatic carbocycles. The first-order valence-electron chi connectivity index (χ1n) is 6.94. The number of carbonyl (C=O) groups is 1. The Morgan fingerprint density at radius 1 is 1.00 bits per heavy atom. The highest BCUT2D eigenvalue weighted by atomic mass is 35.5. The van der Waals surface area contributed by atoms with Crippen molar-refractivity contribution in [2.45, 2.75) is 0 Å². The first kappa shape index (κ1) is 13.9. The molecule has 1 aromatic heterocycles. The van der Waals surface area contributed by atoms with Crippen LogP contribution in [0, 0.1) is 0 Å². The first-order valence-corrected chi connectivity index (χ1v) is 7.32. The molecule has 5 heteroatoms. The summed E-state index contributed by atoms with van der Waals surface area (Å²) in [5, 5.41) is 0.630. The molecule has 1 fully saturated rings. The average molecular weight is 302 g/mol. The third-order valence-electron chi connectivity index (χ3n) is 3.71. The number of benzene rings is 1. The lowest BCUT2D eigenvalue weighted by Crippen LogP contribution is -2.47.